The van der Waals surface area contributed by atoms with E-state index >= 15 is 0 Å². The minimum Gasteiger partial charge on any atom is -0.469 e. The topological polar surface area (TPSA) is 125 Å². The number of rotatable bonds is 10. The second-order valence-electron chi connectivity index (χ2n) is 9.61. The van der Waals surface area contributed by atoms with Crippen LogP contribution in [0, 0.1) is 5.82 Å². The van der Waals surface area contributed by atoms with Crippen molar-refractivity contribution in [2.75, 3.05) is 7.11 Å². The Bertz CT molecular complexity index is 1820. The number of nitrogens with one attached hydrogen (secondary N) is 1. The van der Waals surface area contributed by atoms with Gasteiger partial charge in [0.15, 0.2) is 5.15 Å². The van der Waals surface area contributed by atoms with Gasteiger partial charge < -0.3 is 10.1 Å². The van der Waals surface area contributed by atoms with Gasteiger partial charge in [-0.2, -0.15) is 9.78 Å². The van der Waals surface area contributed by atoms with Crippen molar-refractivity contribution in [2.45, 2.75) is 18.9 Å². The lowest BCUT2D eigenvalue weighted by atomic mass is 9.99. The summed E-state index contributed by atoms with van der Waals surface area (Å²) in [7, 11) is 1.33. The number of hydrogen-bond acceptors (Lipinski definition) is 8. The minimum absolute atomic E-state index is 0.131. The molecule has 0 spiro atoms. The molecule has 10 nitrogen and oxygen atoms in total. The van der Waals surface area contributed by atoms with Crippen LogP contribution in [0.3, 0.4) is 0 Å². The molecule has 0 aliphatic carbocycles. The normalized spacial score (nSPS) is 11.8. The van der Waals surface area contributed by atoms with Crippen molar-refractivity contribution in [3.05, 3.63) is 124 Å². The summed E-state index contributed by atoms with van der Waals surface area (Å²) >= 11 is 12.6. The van der Waals surface area contributed by atoms with E-state index in [1.807, 2.05) is 0 Å². The first-order chi connectivity index (χ1) is 21.3. The van der Waals surface area contributed by atoms with Crippen molar-refractivity contribution in [2.24, 2.45) is 0 Å². The van der Waals surface area contributed by atoms with Gasteiger partial charge in [-0.25, -0.2) is 4.39 Å². The van der Waals surface area contributed by atoms with Crippen LogP contribution in [0.5, 0.6) is 0 Å². The van der Waals surface area contributed by atoms with Gasteiger partial charge in [0.05, 0.1) is 31.0 Å². The molecule has 1 atom stereocenters. The standard InChI is InChI=1S/C31H24Cl2FN7O3/c1-44-30(43)15-19-5-7-21(8-6-19)25-17-27(37-38-31(25)33)26(14-20-3-2-4-24(34)13-20)36-29(42)12-9-22-16-23(32)10-11-28(22)41-18-35-39-40-41/h2-13,16-18,26H,14-15H2,1H3,(H,36,42)/b12-9+/t26-/m0/s1. The number of carbonyl (C=O) groups excluding carboxylic acids is 2. The molecule has 2 heterocycles. The molecule has 1 N–H and O–H groups in total. The van der Waals surface area contributed by atoms with Gasteiger partial charge in [-0.15, -0.1) is 10.2 Å². The summed E-state index contributed by atoms with van der Waals surface area (Å²) in [5.41, 5.74) is 4.33. The lowest BCUT2D eigenvalue weighted by molar-refractivity contribution is -0.139. The van der Waals surface area contributed by atoms with Gasteiger partial charge in [0.25, 0.3) is 0 Å². The van der Waals surface area contributed by atoms with Crippen LogP contribution < -0.4 is 5.32 Å². The first-order valence-electron chi connectivity index (χ1n) is 13.2. The summed E-state index contributed by atoms with van der Waals surface area (Å²) in [6, 6.07) is 19.4. The van der Waals surface area contributed by atoms with Gasteiger partial charge in [0.2, 0.25) is 5.91 Å². The molecule has 0 aliphatic heterocycles. The maximum absolute atomic E-state index is 14.1. The van der Waals surface area contributed by atoms with Gasteiger partial charge in [-0.3, -0.25) is 9.59 Å². The van der Waals surface area contributed by atoms with E-state index in [0.29, 0.717) is 33.1 Å². The molecule has 0 bridgehead atoms. The smallest absolute Gasteiger partial charge is 0.309 e. The van der Waals surface area contributed by atoms with Crippen LogP contribution in [0.1, 0.15) is 28.4 Å². The highest BCUT2D eigenvalue weighted by atomic mass is 35.5. The predicted octanol–water partition coefficient (Wildman–Crippen LogP) is 5.39. The van der Waals surface area contributed by atoms with Gasteiger partial charge in [-0.05, 0) is 76.0 Å². The molecule has 5 rings (SSSR count). The number of halogens is 3. The van der Waals surface area contributed by atoms with Crippen LogP contribution >= 0.6 is 23.2 Å². The van der Waals surface area contributed by atoms with Crippen molar-refractivity contribution in [1.82, 2.24) is 35.7 Å². The Labute approximate surface area is 261 Å². The number of ether oxygens (including phenoxy) is 1. The molecule has 1 amide bonds. The average molecular weight is 632 g/mol. The molecule has 0 fully saturated rings. The monoisotopic (exact) mass is 631 g/mol. The highest BCUT2D eigenvalue weighted by molar-refractivity contribution is 6.32. The van der Waals surface area contributed by atoms with Crippen LogP contribution in [-0.2, 0) is 27.2 Å². The van der Waals surface area contributed by atoms with E-state index in [2.05, 4.69) is 31.0 Å². The van der Waals surface area contributed by atoms with Crippen LogP contribution in [0.4, 0.5) is 4.39 Å². The van der Waals surface area contributed by atoms with Gasteiger partial charge in [0.1, 0.15) is 12.1 Å². The van der Waals surface area contributed by atoms with Crippen molar-refractivity contribution in [3.63, 3.8) is 0 Å². The molecule has 222 valence electrons. The number of esters is 1. The zero-order chi connectivity index (χ0) is 31.1. The number of amides is 1. The average Bonchev–Trinajstić information content (AvgIpc) is 3.55. The number of methoxy groups -OCH3 is 1. The number of nitrogens with zero attached hydrogens (tertiary/aromatic N) is 6. The van der Waals surface area contributed by atoms with E-state index in [-0.39, 0.29) is 24.0 Å². The van der Waals surface area contributed by atoms with Crippen LogP contribution in [-0.4, -0.2) is 49.4 Å². The van der Waals surface area contributed by atoms with Gasteiger partial charge in [0, 0.05) is 22.2 Å². The van der Waals surface area contributed by atoms with Crippen molar-refractivity contribution in [1.29, 1.82) is 0 Å². The van der Waals surface area contributed by atoms with E-state index in [1.165, 1.54) is 36.3 Å². The Balaban J connectivity index is 1.43. The second kappa shape index (κ2) is 14.0. The highest BCUT2D eigenvalue weighted by Gasteiger charge is 2.20. The second-order valence-corrected chi connectivity index (χ2v) is 10.4. The Kier molecular flexibility index (Phi) is 9.68. The highest BCUT2D eigenvalue weighted by Crippen LogP contribution is 2.29. The Morgan fingerprint density at radius 1 is 1.02 bits per heavy atom. The van der Waals surface area contributed by atoms with E-state index in [1.54, 1.807) is 66.7 Å². The third-order valence-electron chi connectivity index (χ3n) is 6.61. The van der Waals surface area contributed by atoms with Crippen LogP contribution in [0.2, 0.25) is 10.2 Å². The van der Waals surface area contributed by atoms with Crippen molar-refractivity contribution < 1.29 is 18.7 Å². The molecular weight excluding hydrogens is 608 g/mol. The summed E-state index contributed by atoms with van der Waals surface area (Å²) in [6.45, 7) is 0. The third-order valence-corrected chi connectivity index (χ3v) is 7.13. The fourth-order valence-electron chi connectivity index (χ4n) is 4.46. The number of carbonyl (C=O) groups is 2. The maximum atomic E-state index is 14.1. The van der Waals surface area contributed by atoms with Crippen molar-refractivity contribution >= 4 is 41.2 Å². The largest absolute Gasteiger partial charge is 0.469 e. The predicted molar refractivity (Wildman–Crippen MR) is 162 cm³/mol. The summed E-state index contributed by atoms with van der Waals surface area (Å²) in [4.78, 5) is 24.9. The number of aromatic nitrogens is 6. The molecule has 0 saturated heterocycles. The number of benzene rings is 3. The van der Waals surface area contributed by atoms with Crippen LogP contribution in [0.15, 0.2) is 85.2 Å². The minimum atomic E-state index is -0.700. The molecule has 2 aromatic heterocycles. The maximum Gasteiger partial charge on any atom is 0.309 e. The van der Waals surface area contributed by atoms with E-state index in [4.69, 9.17) is 27.9 Å². The van der Waals surface area contributed by atoms with Crippen molar-refractivity contribution in [3.8, 4) is 16.8 Å². The Morgan fingerprint density at radius 2 is 1.84 bits per heavy atom. The summed E-state index contributed by atoms with van der Waals surface area (Å²) < 4.78 is 20.2. The SMILES string of the molecule is COC(=O)Cc1ccc(-c2cc([C@H](Cc3cccc(F)c3)NC(=O)/C=C/c3cc(Cl)ccc3-n3cnnn3)nnc2Cl)cc1. The lowest BCUT2D eigenvalue weighted by Gasteiger charge is -2.18. The zero-order valence-corrected chi connectivity index (χ0v) is 24.7. The number of tetrazole rings is 1. The Hall–Kier alpha value is -5.00. The molecule has 0 radical (unpaired) electrons. The fraction of sp³-hybridized carbons (Fsp3) is 0.129. The summed E-state index contributed by atoms with van der Waals surface area (Å²) in [5, 5.41) is 23.2. The van der Waals surface area contributed by atoms with E-state index in [0.717, 1.165) is 11.1 Å². The summed E-state index contributed by atoms with van der Waals surface area (Å²) in [5.74, 6) is -1.20. The molecule has 3 aromatic carbocycles. The zero-order valence-electron chi connectivity index (χ0n) is 23.2. The first-order valence-corrected chi connectivity index (χ1v) is 14.0. The van der Waals surface area contributed by atoms with Gasteiger partial charge in [-0.1, -0.05) is 59.6 Å². The molecule has 5 aromatic rings. The lowest BCUT2D eigenvalue weighted by Crippen LogP contribution is -2.29. The molecular formula is C31H24Cl2FN7O3. The quantitative estimate of drug-likeness (QED) is 0.161. The molecule has 0 unspecified atom stereocenters. The molecule has 0 aliphatic rings. The molecule has 44 heavy (non-hydrogen) atoms. The Morgan fingerprint density at radius 3 is 2.57 bits per heavy atom. The first kappa shape index (κ1) is 30.5. The van der Waals surface area contributed by atoms with E-state index < -0.39 is 17.8 Å². The fourth-order valence-corrected chi connectivity index (χ4v) is 4.84. The van der Waals surface area contributed by atoms with Crippen LogP contribution in [0.25, 0.3) is 22.9 Å². The van der Waals surface area contributed by atoms with E-state index in [9.17, 15) is 14.0 Å². The van der Waals surface area contributed by atoms with Gasteiger partial charge >= 0.3 is 5.97 Å². The molecule has 13 heteroatoms. The third kappa shape index (κ3) is 7.68. The number of hydrogen-bond donors (Lipinski definition) is 1. The summed E-state index contributed by atoms with van der Waals surface area (Å²) in [6.07, 6.45) is 4.72. The molecule has 0 saturated carbocycles.